The predicted octanol–water partition coefficient (Wildman–Crippen LogP) is 4.05. The van der Waals surface area contributed by atoms with Gasteiger partial charge in [-0.1, -0.05) is 32.4 Å². The van der Waals surface area contributed by atoms with Crippen LogP contribution in [0.3, 0.4) is 0 Å². The molecule has 0 spiro atoms. The van der Waals surface area contributed by atoms with Gasteiger partial charge in [0.1, 0.15) is 5.75 Å². The quantitative estimate of drug-likeness (QED) is 0.768. The summed E-state index contributed by atoms with van der Waals surface area (Å²) in [5.74, 6) is -0.149. The number of hydrogen-bond acceptors (Lipinski definition) is 2. The third-order valence-corrected chi connectivity index (χ3v) is 2.56. The molecule has 0 atom stereocenters. The Morgan fingerprint density at radius 3 is 2.35 bits per heavy atom. The van der Waals surface area contributed by atoms with Crippen LogP contribution in [-0.2, 0) is 5.41 Å². The minimum absolute atomic E-state index is 0.0169. The number of rotatable bonds is 3. The molecule has 5 heteroatoms. The van der Waals surface area contributed by atoms with Crippen molar-refractivity contribution < 1.29 is 18.3 Å². The zero-order chi connectivity index (χ0) is 13.2. The summed E-state index contributed by atoms with van der Waals surface area (Å²) in [6.07, 6.45) is 0.441. The molecule has 1 aromatic rings. The first-order valence-electron chi connectivity index (χ1n) is 4.99. The van der Waals surface area contributed by atoms with Crippen molar-refractivity contribution >= 4 is 17.9 Å². The van der Waals surface area contributed by atoms with E-state index >= 15 is 0 Å². The Kier molecular flexibility index (Phi) is 4.09. The van der Waals surface area contributed by atoms with Crippen LogP contribution in [0.25, 0.3) is 0 Å². The molecule has 0 bridgehead atoms. The maximum Gasteiger partial charge on any atom is 0.387 e. The van der Waals surface area contributed by atoms with E-state index in [1.54, 1.807) is 0 Å². The second kappa shape index (κ2) is 5.00. The summed E-state index contributed by atoms with van der Waals surface area (Å²) in [5.41, 5.74) is 0.349. The molecule has 0 aromatic heterocycles. The molecule has 0 fully saturated rings. The Balaban J connectivity index is 3.32. The summed E-state index contributed by atoms with van der Waals surface area (Å²) in [6, 6.07) is 2.73. The Bertz CT molecular complexity index is 425. The maximum atomic E-state index is 12.2. The lowest BCUT2D eigenvalue weighted by atomic mass is 9.86. The maximum absolute atomic E-state index is 12.2. The lowest BCUT2D eigenvalue weighted by molar-refractivity contribution is -0.0501. The molecular formula is C12H13ClF2O2. The molecule has 0 amide bonds. The minimum Gasteiger partial charge on any atom is -0.434 e. The number of carbonyl (C=O) groups excluding carboxylic acids is 1. The second-order valence-electron chi connectivity index (χ2n) is 4.62. The molecule has 2 nitrogen and oxygen atoms in total. The molecule has 94 valence electrons. The van der Waals surface area contributed by atoms with Crippen molar-refractivity contribution in [2.75, 3.05) is 0 Å². The summed E-state index contributed by atoms with van der Waals surface area (Å²) in [5, 5.41) is 0.362. The van der Waals surface area contributed by atoms with Gasteiger partial charge in [-0.05, 0) is 23.1 Å². The zero-order valence-corrected chi connectivity index (χ0v) is 10.5. The largest absolute Gasteiger partial charge is 0.434 e. The van der Waals surface area contributed by atoms with Gasteiger partial charge in [0.05, 0.1) is 5.56 Å². The number of benzene rings is 1. The normalized spacial score (nSPS) is 11.7. The zero-order valence-electron chi connectivity index (χ0n) is 9.76. The number of carbonyl (C=O) groups is 1. The van der Waals surface area contributed by atoms with E-state index in [1.807, 2.05) is 20.8 Å². The van der Waals surface area contributed by atoms with Crippen LogP contribution in [0.1, 0.15) is 36.7 Å². The van der Waals surface area contributed by atoms with Gasteiger partial charge in [0.2, 0.25) is 0 Å². The summed E-state index contributed by atoms with van der Waals surface area (Å²) in [6.45, 7) is 2.70. The van der Waals surface area contributed by atoms with Crippen LogP contribution in [0.15, 0.2) is 12.1 Å². The molecular weight excluding hydrogens is 250 g/mol. The third-order valence-electron chi connectivity index (χ3n) is 2.25. The number of halogens is 3. The summed E-state index contributed by atoms with van der Waals surface area (Å²) in [4.78, 5) is 10.7. The van der Waals surface area contributed by atoms with E-state index in [-0.39, 0.29) is 16.7 Å². The van der Waals surface area contributed by atoms with Crippen molar-refractivity contribution in [2.45, 2.75) is 32.8 Å². The van der Waals surface area contributed by atoms with Crippen LogP contribution >= 0.6 is 11.6 Å². The fourth-order valence-electron chi connectivity index (χ4n) is 1.43. The van der Waals surface area contributed by atoms with Crippen LogP contribution in [0.5, 0.6) is 5.75 Å². The van der Waals surface area contributed by atoms with Gasteiger partial charge < -0.3 is 4.74 Å². The van der Waals surface area contributed by atoms with Gasteiger partial charge in [-0.2, -0.15) is 8.78 Å². The Morgan fingerprint density at radius 2 is 1.94 bits per heavy atom. The summed E-state index contributed by atoms with van der Waals surface area (Å²) < 4.78 is 28.7. The van der Waals surface area contributed by atoms with Crippen LogP contribution < -0.4 is 4.74 Å². The van der Waals surface area contributed by atoms with E-state index in [0.29, 0.717) is 16.9 Å². The van der Waals surface area contributed by atoms with Crippen molar-refractivity contribution in [3.8, 4) is 5.75 Å². The first kappa shape index (κ1) is 13.9. The Labute approximate surface area is 104 Å². The topological polar surface area (TPSA) is 26.3 Å². The number of ether oxygens (including phenoxy) is 1. The van der Waals surface area contributed by atoms with Crippen molar-refractivity contribution in [1.29, 1.82) is 0 Å². The molecule has 0 unspecified atom stereocenters. The lowest BCUT2D eigenvalue weighted by Crippen LogP contribution is -2.13. The van der Waals surface area contributed by atoms with E-state index in [1.165, 1.54) is 12.1 Å². The Hall–Kier alpha value is -1.16. The van der Waals surface area contributed by atoms with E-state index < -0.39 is 6.61 Å². The van der Waals surface area contributed by atoms with Crippen LogP contribution in [0.2, 0.25) is 5.02 Å². The van der Waals surface area contributed by atoms with Gasteiger partial charge >= 0.3 is 6.61 Å². The fourth-order valence-corrected chi connectivity index (χ4v) is 1.89. The standard InChI is InChI=1S/C12H13ClF2O2/c1-12(2,3)8-5-10(17-11(14)15)7(6-16)4-9(8)13/h4-6,11H,1-3H3. The van der Waals surface area contributed by atoms with Gasteiger partial charge in [0.25, 0.3) is 0 Å². The van der Waals surface area contributed by atoms with Crippen molar-refractivity contribution in [3.05, 3.63) is 28.3 Å². The average Bonchev–Trinajstić information content (AvgIpc) is 2.17. The average molecular weight is 263 g/mol. The van der Waals surface area contributed by atoms with Gasteiger partial charge in [0, 0.05) is 5.02 Å². The van der Waals surface area contributed by atoms with Crippen molar-refractivity contribution in [3.63, 3.8) is 0 Å². The summed E-state index contributed by atoms with van der Waals surface area (Å²) >= 11 is 6.00. The van der Waals surface area contributed by atoms with E-state index in [2.05, 4.69) is 4.74 Å². The first-order valence-corrected chi connectivity index (χ1v) is 5.37. The SMILES string of the molecule is CC(C)(C)c1cc(OC(F)F)c(C=O)cc1Cl. The molecule has 0 radical (unpaired) electrons. The summed E-state index contributed by atoms with van der Waals surface area (Å²) in [7, 11) is 0. The highest BCUT2D eigenvalue weighted by molar-refractivity contribution is 6.31. The molecule has 0 saturated heterocycles. The van der Waals surface area contributed by atoms with E-state index in [0.717, 1.165) is 0 Å². The molecule has 0 N–H and O–H groups in total. The first-order chi connectivity index (χ1) is 7.75. The molecule has 0 aliphatic rings. The highest BCUT2D eigenvalue weighted by Gasteiger charge is 2.21. The smallest absolute Gasteiger partial charge is 0.387 e. The van der Waals surface area contributed by atoms with Crippen LogP contribution in [-0.4, -0.2) is 12.9 Å². The van der Waals surface area contributed by atoms with Crippen LogP contribution in [0.4, 0.5) is 8.78 Å². The monoisotopic (exact) mass is 262 g/mol. The Morgan fingerprint density at radius 1 is 1.35 bits per heavy atom. The van der Waals surface area contributed by atoms with Gasteiger partial charge in [-0.25, -0.2) is 0 Å². The minimum atomic E-state index is -2.97. The fraction of sp³-hybridized carbons (Fsp3) is 0.417. The van der Waals surface area contributed by atoms with Gasteiger partial charge in [-0.15, -0.1) is 0 Å². The predicted molar refractivity (Wildman–Crippen MR) is 62.2 cm³/mol. The molecule has 0 aliphatic heterocycles. The third kappa shape index (κ3) is 3.40. The molecule has 1 rings (SSSR count). The van der Waals surface area contributed by atoms with E-state index in [4.69, 9.17) is 11.6 Å². The highest BCUT2D eigenvalue weighted by Crippen LogP contribution is 2.34. The number of aldehydes is 1. The molecule has 17 heavy (non-hydrogen) atoms. The van der Waals surface area contributed by atoms with Crippen molar-refractivity contribution in [2.24, 2.45) is 0 Å². The second-order valence-corrected chi connectivity index (χ2v) is 5.02. The lowest BCUT2D eigenvalue weighted by Gasteiger charge is -2.22. The number of alkyl halides is 2. The molecule has 0 heterocycles. The van der Waals surface area contributed by atoms with Gasteiger partial charge in [-0.3, -0.25) is 4.79 Å². The molecule has 0 saturated carbocycles. The molecule has 1 aromatic carbocycles. The highest BCUT2D eigenvalue weighted by atomic mass is 35.5. The van der Waals surface area contributed by atoms with E-state index in [9.17, 15) is 13.6 Å². The van der Waals surface area contributed by atoms with Gasteiger partial charge in [0.15, 0.2) is 6.29 Å². The van der Waals surface area contributed by atoms with Crippen LogP contribution in [0, 0.1) is 0 Å². The molecule has 0 aliphatic carbocycles. The number of hydrogen-bond donors (Lipinski definition) is 0. The van der Waals surface area contributed by atoms with Crippen molar-refractivity contribution in [1.82, 2.24) is 0 Å².